The highest BCUT2D eigenvalue weighted by molar-refractivity contribution is 7.98. The van der Waals surface area contributed by atoms with Gasteiger partial charge in [0.2, 0.25) is 17.8 Å². The maximum atomic E-state index is 11.1. The van der Waals surface area contributed by atoms with E-state index in [0.29, 0.717) is 17.5 Å². The second-order valence-electron chi connectivity index (χ2n) is 5.87. The lowest BCUT2D eigenvalue weighted by molar-refractivity contribution is -0.114. The number of thioether (sulfide) groups is 1. The molecule has 0 fully saturated rings. The van der Waals surface area contributed by atoms with Gasteiger partial charge in [-0.1, -0.05) is 18.2 Å². The first-order valence-electron chi connectivity index (χ1n) is 8.33. The Balaban J connectivity index is 1.67. The van der Waals surface area contributed by atoms with Gasteiger partial charge >= 0.3 is 0 Å². The van der Waals surface area contributed by atoms with Gasteiger partial charge < -0.3 is 16.4 Å². The van der Waals surface area contributed by atoms with E-state index in [4.69, 9.17) is 5.73 Å². The van der Waals surface area contributed by atoms with E-state index in [2.05, 4.69) is 25.6 Å². The fourth-order valence-corrected chi connectivity index (χ4v) is 3.13. The zero-order chi connectivity index (χ0) is 19.2. The number of para-hydroxylation sites is 1. The van der Waals surface area contributed by atoms with Crippen LogP contribution in [0, 0.1) is 6.92 Å². The molecule has 27 heavy (non-hydrogen) atoms. The molecule has 0 aliphatic carbocycles. The van der Waals surface area contributed by atoms with E-state index < -0.39 is 0 Å². The lowest BCUT2D eigenvalue weighted by Crippen LogP contribution is -2.07. The molecule has 0 saturated heterocycles. The van der Waals surface area contributed by atoms with Crippen LogP contribution in [0.1, 0.15) is 18.3 Å². The average Bonchev–Trinajstić information content (AvgIpc) is 2.62. The molecule has 138 valence electrons. The number of aromatic nitrogens is 3. The molecule has 0 unspecified atom stereocenters. The zero-order valence-electron chi connectivity index (χ0n) is 15.1. The van der Waals surface area contributed by atoms with Gasteiger partial charge in [0.05, 0.1) is 5.75 Å². The molecule has 7 nitrogen and oxygen atoms in total. The van der Waals surface area contributed by atoms with E-state index in [1.165, 1.54) is 6.92 Å². The smallest absolute Gasteiger partial charge is 0.232 e. The average molecular weight is 380 g/mol. The summed E-state index contributed by atoms with van der Waals surface area (Å²) in [5.74, 6) is 1.65. The lowest BCUT2D eigenvalue weighted by Gasteiger charge is -2.09. The Bertz CT molecular complexity index is 945. The van der Waals surface area contributed by atoms with Crippen LogP contribution in [-0.2, 0) is 10.5 Å². The Labute approximate surface area is 161 Å². The van der Waals surface area contributed by atoms with E-state index in [-0.39, 0.29) is 11.9 Å². The van der Waals surface area contributed by atoms with Crippen LogP contribution in [0.25, 0.3) is 0 Å². The molecule has 2 aromatic carbocycles. The summed E-state index contributed by atoms with van der Waals surface area (Å²) in [6, 6.07) is 15.5. The first-order valence-corrected chi connectivity index (χ1v) is 9.32. The van der Waals surface area contributed by atoms with Crippen molar-refractivity contribution in [3.8, 4) is 0 Å². The number of nitrogens with two attached hydrogens (primary N) is 1. The van der Waals surface area contributed by atoms with Crippen molar-refractivity contribution in [1.29, 1.82) is 0 Å². The Hall–Kier alpha value is -3.13. The monoisotopic (exact) mass is 380 g/mol. The van der Waals surface area contributed by atoms with Crippen molar-refractivity contribution in [3.63, 3.8) is 0 Å². The molecule has 0 saturated carbocycles. The predicted molar refractivity (Wildman–Crippen MR) is 109 cm³/mol. The van der Waals surface area contributed by atoms with Gasteiger partial charge in [-0.3, -0.25) is 4.79 Å². The second kappa shape index (κ2) is 8.50. The van der Waals surface area contributed by atoms with Crippen LogP contribution in [0.15, 0.2) is 53.4 Å². The van der Waals surface area contributed by atoms with Crippen LogP contribution in [0.4, 0.5) is 23.3 Å². The van der Waals surface area contributed by atoms with E-state index in [9.17, 15) is 4.79 Å². The molecule has 0 atom stereocenters. The Morgan fingerprint density at radius 3 is 2.52 bits per heavy atom. The maximum Gasteiger partial charge on any atom is 0.232 e. The van der Waals surface area contributed by atoms with Crippen LogP contribution < -0.4 is 16.4 Å². The number of aryl methyl sites for hydroxylation is 1. The van der Waals surface area contributed by atoms with Gasteiger partial charge in [0.25, 0.3) is 0 Å². The third kappa shape index (κ3) is 5.42. The molecule has 0 aliphatic rings. The number of benzene rings is 2. The first-order chi connectivity index (χ1) is 13.0. The topological polar surface area (TPSA) is 106 Å². The maximum absolute atomic E-state index is 11.1. The van der Waals surface area contributed by atoms with Crippen LogP contribution in [-0.4, -0.2) is 20.9 Å². The molecular weight excluding hydrogens is 360 g/mol. The summed E-state index contributed by atoms with van der Waals surface area (Å²) in [5.41, 5.74) is 8.62. The molecular formula is C19H20N6OS. The second-order valence-corrected chi connectivity index (χ2v) is 6.92. The number of carbonyl (C=O) groups is 1. The van der Waals surface area contributed by atoms with Gasteiger partial charge in [0.15, 0.2) is 0 Å². The number of hydrogen-bond acceptors (Lipinski definition) is 7. The summed E-state index contributed by atoms with van der Waals surface area (Å²) in [6.07, 6.45) is 0. The molecule has 3 aromatic rings. The number of nitrogens with one attached hydrogen (secondary N) is 2. The number of carbonyl (C=O) groups excluding carboxylic acids is 1. The lowest BCUT2D eigenvalue weighted by atomic mass is 10.2. The number of hydrogen-bond donors (Lipinski definition) is 3. The number of rotatable bonds is 6. The third-order valence-electron chi connectivity index (χ3n) is 3.63. The molecule has 1 amide bonds. The van der Waals surface area contributed by atoms with Crippen LogP contribution >= 0.6 is 11.8 Å². The molecule has 1 aromatic heterocycles. The number of nitrogens with zero attached hydrogens (tertiary/aromatic N) is 3. The highest BCUT2D eigenvalue weighted by atomic mass is 32.2. The number of nitrogen functional groups attached to an aromatic ring is 1. The highest BCUT2D eigenvalue weighted by Gasteiger charge is 2.07. The summed E-state index contributed by atoms with van der Waals surface area (Å²) >= 11 is 1.58. The first kappa shape index (κ1) is 18.7. The number of amides is 1. The minimum Gasteiger partial charge on any atom is -0.368 e. The molecule has 3 rings (SSSR count). The Kier molecular flexibility index (Phi) is 5.87. The Morgan fingerprint density at radius 1 is 1.07 bits per heavy atom. The Morgan fingerprint density at radius 2 is 1.81 bits per heavy atom. The van der Waals surface area contributed by atoms with Crippen LogP contribution in [0.2, 0.25) is 0 Å². The third-order valence-corrected chi connectivity index (χ3v) is 4.64. The molecule has 8 heteroatoms. The standard InChI is InChI=1S/C19H20N6OS/c1-12-5-3-4-6-16(12)22-19-24-17(23-18(20)25-19)11-27-15-9-7-14(8-10-15)21-13(2)26/h3-10H,11H2,1-2H3,(H,21,26)(H3,20,22,23,24,25). The minimum atomic E-state index is -0.0928. The summed E-state index contributed by atoms with van der Waals surface area (Å²) in [5, 5.41) is 5.93. The molecule has 1 heterocycles. The molecule has 4 N–H and O–H groups in total. The summed E-state index contributed by atoms with van der Waals surface area (Å²) in [6.45, 7) is 3.49. The van der Waals surface area contributed by atoms with Crippen LogP contribution in [0.3, 0.4) is 0 Å². The van der Waals surface area contributed by atoms with E-state index in [0.717, 1.165) is 21.8 Å². The van der Waals surface area contributed by atoms with Crippen molar-refractivity contribution in [1.82, 2.24) is 15.0 Å². The van der Waals surface area contributed by atoms with Gasteiger partial charge in [-0.05, 0) is 42.8 Å². The fourth-order valence-electron chi connectivity index (χ4n) is 2.38. The molecule has 0 spiro atoms. The fraction of sp³-hybridized carbons (Fsp3) is 0.158. The summed E-state index contributed by atoms with van der Waals surface area (Å²) < 4.78 is 0. The van der Waals surface area contributed by atoms with Gasteiger partial charge in [-0.25, -0.2) is 0 Å². The largest absolute Gasteiger partial charge is 0.368 e. The molecule has 0 bridgehead atoms. The van der Waals surface area contributed by atoms with E-state index in [1.54, 1.807) is 11.8 Å². The van der Waals surface area contributed by atoms with Crippen molar-refractivity contribution >= 4 is 40.9 Å². The van der Waals surface area contributed by atoms with Gasteiger partial charge in [-0.2, -0.15) is 15.0 Å². The van der Waals surface area contributed by atoms with Crippen molar-refractivity contribution < 1.29 is 4.79 Å². The van der Waals surface area contributed by atoms with Gasteiger partial charge in [0.1, 0.15) is 5.82 Å². The van der Waals surface area contributed by atoms with Crippen molar-refractivity contribution in [2.45, 2.75) is 24.5 Å². The van der Waals surface area contributed by atoms with Gasteiger partial charge in [0, 0.05) is 23.2 Å². The van der Waals surface area contributed by atoms with Crippen molar-refractivity contribution in [2.24, 2.45) is 0 Å². The predicted octanol–water partition coefficient (Wildman–Crippen LogP) is 3.76. The van der Waals surface area contributed by atoms with Gasteiger partial charge in [-0.15, -0.1) is 11.8 Å². The molecule has 0 radical (unpaired) electrons. The van der Waals surface area contributed by atoms with Crippen LogP contribution in [0.5, 0.6) is 0 Å². The normalized spacial score (nSPS) is 10.4. The minimum absolute atomic E-state index is 0.0928. The molecule has 0 aliphatic heterocycles. The quantitative estimate of drug-likeness (QED) is 0.559. The number of anilines is 4. The zero-order valence-corrected chi connectivity index (χ0v) is 15.9. The van der Waals surface area contributed by atoms with E-state index in [1.807, 2.05) is 55.5 Å². The highest BCUT2D eigenvalue weighted by Crippen LogP contribution is 2.24. The van der Waals surface area contributed by atoms with Crippen molar-refractivity contribution in [3.05, 3.63) is 59.9 Å². The summed E-state index contributed by atoms with van der Waals surface area (Å²) in [7, 11) is 0. The van der Waals surface area contributed by atoms with Crippen molar-refractivity contribution in [2.75, 3.05) is 16.4 Å². The SMILES string of the molecule is CC(=O)Nc1ccc(SCc2nc(N)nc(Nc3ccccc3C)n2)cc1. The van der Waals surface area contributed by atoms with E-state index >= 15 is 0 Å². The summed E-state index contributed by atoms with van der Waals surface area (Å²) in [4.78, 5) is 24.9.